The van der Waals surface area contributed by atoms with E-state index < -0.39 is 53.4 Å². The van der Waals surface area contributed by atoms with E-state index in [1.54, 1.807) is 44.3 Å². The first-order chi connectivity index (χ1) is 22.4. The zero-order chi connectivity index (χ0) is 34.0. The highest BCUT2D eigenvalue weighted by Crippen LogP contribution is 2.23. The van der Waals surface area contributed by atoms with Crippen molar-refractivity contribution in [3.63, 3.8) is 0 Å². The van der Waals surface area contributed by atoms with Crippen LogP contribution in [-0.4, -0.2) is 86.0 Å². The lowest BCUT2D eigenvalue weighted by atomic mass is 10.1. The molecule has 0 saturated carbocycles. The number of aryl methyl sites for hydroxylation is 3. The third-order valence-electron chi connectivity index (χ3n) is 7.32. The second-order valence-corrected chi connectivity index (χ2v) is 12.8. The third-order valence-corrected chi connectivity index (χ3v) is 9.10. The number of carboxylic acid groups (broad SMARTS) is 1. The summed E-state index contributed by atoms with van der Waals surface area (Å²) in [4.78, 5) is 46.7. The van der Waals surface area contributed by atoms with Gasteiger partial charge in [-0.05, 0) is 56.0 Å². The smallest absolute Gasteiger partial charge is 0.480 e. The maximum Gasteiger partial charge on any atom is 0.528 e. The number of aliphatic carboxylic acids is 1. The molecule has 1 aliphatic rings. The van der Waals surface area contributed by atoms with Crippen LogP contribution in [0.15, 0.2) is 71.8 Å². The van der Waals surface area contributed by atoms with Crippen LogP contribution in [-0.2, 0) is 40.5 Å². The standard InChI is InChI=1S/C32H39N5O9S/c1-21-13-22(2)30(23(3)14-21)47(42,43)36-27(31(39)40)17-35-29(38)20-44-26-15-25(16-34-28-11-7-8-12-33-28)37(18-26)46-32(41)45-19-24-9-5-4-6-10-24/h4-14,25-27,36H,15-20H2,1-3H3,(H,33,34)(H,35,38)(H,39,40). The van der Waals surface area contributed by atoms with Crippen molar-refractivity contribution in [3.8, 4) is 0 Å². The number of carboxylic acids is 1. The lowest BCUT2D eigenvalue weighted by molar-refractivity contribution is -0.143. The molecule has 0 aliphatic carbocycles. The van der Waals surface area contributed by atoms with E-state index in [2.05, 4.69) is 20.3 Å². The fourth-order valence-electron chi connectivity index (χ4n) is 5.27. The van der Waals surface area contributed by atoms with Crippen molar-refractivity contribution < 1.29 is 42.2 Å². The SMILES string of the molecule is Cc1cc(C)c(S(=O)(=O)NC(CNC(=O)COC2CC(CNc3ccccn3)N(OC(=O)OCc3ccccc3)C2)C(=O)O)c(C)c1. The highest BCUT2D eigenvalue weighted by Gasteiger charge is 2.36. The zero-order valence-corrected chi connectivity index (χ0v) is 27.2. The Morgan fingerprint density at radius 1 is 1.04 bits per heavy atom. The number of nitrogens with zero attached hydrogens (tertiary/aromatic N) is 2. The average molecular weight is 670 g/mol. The monoisotopic (exact) mass is 669 g/mol. The van der Waals surface area contributed by atoms with Crippen LogP contribution in [0.1, 0.15) is 28.7 Å². The van der Waals surface area contributed by atoms with Gasteiger partial charge in [-0.1, -0.05) is 54.1 Å². The fraction of sp³-hybridized carbons (Fsp3) is 0.375. The van der Waals surface area contributed by atoms with Gasteiger partial charge in [-0.25, -0.2) is 18.2 Å². The van der Waals surface area contributed by atoms with E-state index >= 15 is 0 Å². The number of hydroxylamine groups is 2. The number of anilines is 1. The van der Waals surface area contributed by atoms with Gasteiger partial charge >= 0.3 is 12.1 Å². The first-order valence-electron chi connectivity index (χ1n) is 14.9. The number of carbonyl (C=O) groups excluding carboxylic acids is 2. The molecule has 3 atom stereocenters. The highest BCUT2D eigenvalue weighted by molar-refractivity contribution is 7.89. The molecule has 4 N–H and O–H groups in total. The van der Waals surface area contributed by atoms with Gasteiger partial charge in [0.2, 0.25) is 15.9 Å². The number of ether oxygens (including phenoxy) is 2. The molecule has 0 bridgehead atoms. The van der Waals surface area contributed by atoms with Gasteiger partial charge in [-0.15, -0.1) is 5.06 Å². The first kappa shape index (κ1) is 35.3. The molecule has 1 saturated heterocycles. The number of sulfonamides is 1. The van der Waals surface area contributed by atoms with E-state index in [4.69, 9.17) is 14.3 Å². The molecule has 3 unspecified atom stereocenters. The van der Waals surface area contributed by atoms with Crippen LogP contribution in [0.5, 0.6) is 0 Å². The van der Waals surface area contributed by atoms with E-state index in [0.717, 1.165) is 11.1 Å². The summed E-state index contributed by atoms with van der Waals surface area (Å²) in [5.41, 5.74) is 2.62. The summed E-state index contributed by atoms with van der Waals surface area (Å²) in [7, 11) is -4.20. The molecular formula is C32H39N5O9S. The largest absolute Gasteiger partial charge is 0.528 e. The third kappa shape index (κ3) is 10.5. The average Bonchev–Trinajstić information content (AvgIpc) is 3.41. The summed E-state index contributed by atoms with van der Waals surface area (Å²) in [6.45, 7) is 4.65. The predicted molar refractivity (Wildman–Crippen MR) is 171 cm³/mol. The Balaban J connectivity index is 1.30. The molecular weight excluding hydrogens is 630 g/mol. The quantitative estimate of drug-likeness (QED) is 0.174. The van der Waals surface area contributed by atoms with Gasteiger partial charge in [0.05, 0.1) is 23.6 Å². The minimum Gasteiger partial charge on any atom is -0.480 e. The number of aromatic nitrogens is 1. The van der Waals surface area contributed by atoms with Crippen LogP contribution in [0, 0.1) is 20.8 Å². The Bertz CT molecular complexity index is 1620. The summed E-state index contributed by atoms with van der Waals surface area (Å²) in [5, 5.41) is 16.7. The molecule has 1 fully saturated rings. The molecule has 47 heavy (non-hydrogen) atoms. The molecule has 1 aromatic heterocycles. The van der Waals surface area contributed by atoms with Crippen LogP contribution in [0.3, 0.4) is 0 Å². The minimum absolute atomic E-state index is 0.00643. The Morgan fingerprint density at radius 3 is 2.40 bits per heavy atom. The second kappa shape index (κ2) is 16.3. The summed E-state index contributed by atoms with van der Waals surface area (Å²) < 4.78 is 39.3. The molecule has 1 aliphatic heterocycles. The Labute approximate surface area is 273 Å². The lowest BCUT2D eigenvalue weighted by Crippen LogP contribution is -2.49. The van der Waals surface area contributed by atoms with E-state index in [1.165, 1.54) is 5.06 Å². The number of carbonyl (C=O) groups is 3. The second-order valence-electron chi connectivity index (χ2n) is 11.2. The zero-order valence-electron chi connectivity index (χ0n) is 26.3. The molecule has 4 rings (SSSR count). The van der Waals surface area contributed by atoms with Crippen molar-refractivity contribution in [2.24, 2.45) is 0 Å². The van der Waals surface area contributed by atoms with E-state index in [0.29, 0.717) is 29.9 Å². The van der Waals surface area contributed by atoms with Gasteiger partial charge in [0.1, 0.15) is 25.1 Å². The van der Waals surface area contributed by atoms with Crippen LogP contribution in [0.25, 0.3) is 0 Å². The highest BCUT2D eigenvalue weighted by atomic mass is 32.2. The van der Waals surface area contributed by atoms with Gasteiger partial charge in [-0.3, -0.25) is 9.59 Å². The summed E-state index contributed by atoms with van der Waals surface area (Å²) >= 11 is 0. The van der Waals surface area contributed by atoms with Crippen LogP contribution in [0.2, 0.25) is 0 Å². The van der Waals surface area contributed by atoms with Crippen LogP contribution in [0.4, 0.5) is 10.6 Å². The topological polar surface area (TPSA) is 185 Å². The molecule has 2 aromatic carbocycles. The number of pyridine rings is 1. The number of hydrogen-bond donors (Lipinski definition) is 4. The minimum atomic E-state index is -4.20. The number of rotatable bonds is 15. The van der Waals surface area contributed by atoms with Crippen molar-refractivity contribution in [1.29, 1.82) is 0 Å². The maximum atomic E-state index is 13.1. The van der Waals surface area contributed by atoms with E-state index in [-0.39, 0.29) is 24.1 Å². The first-order valence-corrected chi connectivity index (χ1v) is 16.4. The number of hydrogen-bond acceptors (Lipinski definition) is 11. The van der Waals surface area contributed by atoms with E-state index in [9.17, 15) is 27.9 Å². The molecule has 0 radical (unpaired) electrons. The summed E-state index contributed by atoms with van der Waals surface area (Å²) in [5.74, 6) is -1.48. The summed E-state index contributed by atoms with van der Waals surface area (Å²) in [6, 6.07) is 16.0. The van der Waals surface area contributed by atoms with Gasteiger partial charge in [0.15, 0.2) is 0 Å². The Hall–Kier alpha value is -4.57. The molecule has 0 spiro atoms. The molecule has 252 valence electrons. The molecule has 2 heterocycles. The van der Waals surface area contributed by atoms with Crippen molar-refractivity contribution in [2.75, 3.05) is 31.6 Å². The van der Waals surface area contributed by atoms with Gasteiger partial charge in [0, 0.05) is 19.3 Å². The number of benzene rings is 2. The number of amides is 1. The van der Waals surface area contributed by atoms with Crippen molar-refractivity contribution in [2.45, 2.75) is 56.9 Å². The van der Waals surface area contributed by atoms with Crippen LogP contribution >= 0.6 is 0 Å². The summed E-state index contributed by atoms with van der Waals surface area (Å²) in [6.07, 6.45) is 0.597. The molecule has 14 nitrogen and oxygen atoms in total. The van der Waals surface area contributed by atoms with E-state index in [1.807, 2.05) is 43.3 Å². The number of nitrogens with one attached hydrogen (secondary N) is 3. The maximum absolute atomic E-state index is 13.1. The fourth-order valence-corrected chi connectivity index (χ4v) is 6.91. The molecule has 15 heteroatoms. The van der Waals surface area contributed by atoms with Crippen molar-refractivity contribution >= 4 is 33.9 Å². The van der Waals surface area contributed by atoms with Gasteiger partial charge < -0.3 is 30.1 Å². The van der Waals surface area contributed by atoms with Crippen molar-refractivity contribution in [1.82, 2.24) is 20.1 Å². The van der Waals surface area contributed by atoms with Crippen LogP contribution < -0.4 is 15.4 Å². The van der Waals surface area contributed by atoms with Gasteiger partial charge in [0.25, 0.3) is 0 Å². The molecule has 1 amide bonds. The molecule has 3 aromatic rings. The van der Waals surface area contributed by atoms with Gasteiger partial charge in [-0.2, -0.15) is 4.72 Å². The Morgan fingerprint density at radius 2 is 1.74 bits per heavy atom. The predicted octanol–water partition coefficient (Wildman–Crippen LogP) is 2.69. The normalized spacial score (nSPS) is 17.1. The lowest BCUT2D eigenvalue weighted by Gasteiger charge is -2.22. The Kier molecular flexibility index (Phi) is 12.2. The van der Waals surface area contributed by atoms with Crippen molar-refractivity contribution in [3.05, 3.63) is 89.1 Å².